The van der Waals surface area contributed by atoms with Crippen molar-refractivity contribution in [2.75, 3.05) is 11.9 Å². The number of aliphatic hydroxyl groups is 1. The van der Waals surface area contributed by atoms with Gasteiger partial charge < -0.3 is 10.0 Å². The van der Waals surface area contributed by atoms with Gasteiger partial charge in [0.2, 0.25) is 0 Å². The molecule has 0 radical (unpaired) electrons. The second kappa shape index (κ2) is 5.83. The first-order valence-electron chi connectivity index (χ1n) is 6.58. The van der Waals surface area contributed by atoms with E-state index in [-0.39, 0.29) is 6.61 Å². The number of nitrogens with zero attached hydrogens (tertiary/aromatic N) is 2. The number of hydrogen-bond donors (Lipinski definition) is 1. The van der Waals surface area contributed by atoms with Gasteiger partial charge in [0.05, 0.1) is 17.2 Å². The highest BCUT2D eigenvalue weighted by Crippen LogP contribution is 2.32. The van der Waals surface area contributed by atoms with Crippen molar-refractivity contribution in [1.82, 2.24) is 4.98 Å². The van der Waals surface area contributed by atoms with Gasteiger partial charge in [-0.25, -0.2) is 4.98 Å². The lowest BCUT2D eigenvalue weighted by molar-refractivity contribution is 0.284. The van der Waals surface area contributed by atoms with E-state index >= 15 is 0 Å². The number of aromatic nitrogens is 1. The zero-order valence-electron chi connectivity index (χ0n) is 10.8. The average Bonchev–Trinajstić information content (AvgIpc) is 2.97. The predicted molar refractivity (Wildman–Crippen MR) is 72.7 cm³/mol. The zero-order chi connectivity index (χ0) is 12.3. The third-order valence-electron chi connectivity index (χ3n) is 3.57. The molecule has 0 saturated heterocycles. The summed E-state index contributed by atoms with van der Waals surface area (Å²) >= 11 is 1.66. The molecule has 1 aliphatic carbocycles. The minimum atomic E-state index is 0.130. The third kappa shape index (κ3) is 2.80. The fraction of sp³-hybridized carbons (Fsp3) is 0.769. The molecular formula is C13H22N2OS. The summed E-state index contributed by atoms with van der Waals surface area (Å²) in [7, 11) is 2.14. The molecule has 1 aromatic heterocycles. The number of aryl methyl sites for hydroxylation is 1. The molecule has 96 valence electrons. The lowest BCUT2D eigenvalue weighted by Crippen LogP contribution is -2.28. The van der Waals surface area contributed by atoms with Crippen LogP contribution in [-0.2, 0) is 13.0 Å². The molecule has 0 atom stereocenters. The molecule has 1 fully saturated rings. The van der Waals surface area contributed by atoms with Crippen LogP contribution < -0.4 is 4.90 Å². The number of aliphatic hydroxyl groups excluding tert-OH is 1. The maximum absolute atomic E-state index is 9.36. The Balaban J connectivity index is 2.14. The van der Waals surface area contributed by atoms with Gasteiger partial charge in [-0.1, -0.05) is 37.5 Å². The fourth-order valence-electron chi connectivity index (χ4n) is 2.52. The Labute approximate surface area is 107 Å². The first kappa shape index (κ1) is 12.8. The second-order valence-electron chi connectivity index (χ2n) is 4.82. The first-order valence-corrected chi connectivity index (χ1v) is 7.40. The van der Waals surface area contributed by atoms with E-state index in [2.05, 4.69) is 18.9 Å². The van der Waals surface area contributed by atoms with E-state index in [4.69, 9.17) is 4.98 Å². The minimum absolute atomic E-state index is 0.130. The number of rotatable bonds is 5. The van der Waals surface area contributed by atoms with Gasteiger partial charge in [-0.15, -0.1) is 0 Å². The summed E-state index contributed by atoms with van der Waals surface area (Å²) in [6.45, 7) is 2.28. The van der Waals surface area contributed by atoms with Gasteiger partial charge in [-0.05, 0) is 19.3 Å². The summed E-state index contributed by atoms with van der Waals surface area (Å²) in [6, 6.07) is 0.655. The van der Waals surface area contributed by atoms with Crippen molar-refractivity contribution >= 4 is 16.5 Å². The molecular weight excluding hydrogens is 232 g/mol. The van der Waals surface area contributed by atoms with Gasteiger partial charge in [-0.2, -0.15) is 0 Å². The standard InChI is InChI=1S/C13H22N2OS/c1-3-6-11-12(9-16)17-13(14-11)15(2)10-7-4-5-8-10/h10,16H,3-9H2,1-2H3. The summed E-state index contributed by atoms with van der Waals surface area (Å²) in [5.41, 5.74) is 1.10. The number of hydrogen-bond acceptors (Lipinski definition) is 4. The predicted octanol–water partition coefficient (Wildman–Crippen LogP) is 2.97. The van der Waals surface area contributed by atoms with Gasteiger partial charge in [0.15, 0.2) is 5.13 Å². The maximum atomic E-state index is 9.36. The van der Waals surface area contributed by atoms with E-state index in [0.717, 1.165) is 28.5 Å². The van der Waals surface area contributed by atoms with E-state index in [1.54, 1.807) is 11.3 Å². The first-order chi connectivity index (χ1) is 8.26. The largest absolute Gasteiger partial charge is 0.391 e. The lowest BCUT2D eigenvalue weighted by Gasteiger charge is -2.23. The molecule has 1 N–H and O–H groups in total. The Morgan fingerprint density at radius 2 is 2.12 bits per heavy atom. The van der Waals surface area contributed by atoms with Crippen molar-refractivity contribution in [1.29, 1.82) is 0 Å². The quantitative estimate of drug-likeness (QED) is 0.877. The Bertz CT molecular complexity index is 358. The summed E-state index contributed by atoms with van der Waals surface area (Å²) in [6.07, 6.45) is 7.32. The van der Waals surface area contributed by atoms with E-state index in [0.29, 0.717) is 6.04 Å². The van der Waals surface area contributed by atoms with Crippen LogP contribution in [0.5, 0.6) is 0 Å². The Kier molecular flexibility index (Phi) is 4.40. The second-order valence-corrected chi connectivity index (χ2v) is 5.89. The molecule has 0 spiro atoms. The molecule has 1 heterocycles. The van der Waals surface area contributed by atoms with Gasteiger partial charge in [0, 0.05) is 13.1 Å². The monoisotopic (exact) mass is 254 g/mol. The molecule has 2 rings (SSSR count). The van der Waals surface area contributed by atoms with Gasteiger partial charge >= 0.3 is 0 Å². The van der Waals surface area contributed by atoms with Crippen LogP contribution in [0.15, 0.2) is 0 Å². The highest BCUT2D eigenvalue weighted by molar-refractivity contribution is 7.15. The minimum Gasteiger partial charge on any atom is -0.391 e. The van der Waals surface area contributed by atoms with Crippen LogP contribution in [0.2, 0.25) is 0 Å². The van der Waals surface area contributed by atoms with Crippen LogP contribution in [-0.4, -0.2) is 23.2 Å². The Hall–Kier alpha value is -0.610. The van der Waals surface area contributed by atoms with Crippen molar-refractivity contribution < 1.29 is 5.11 Å². The maximum Gasteiger partial charge on any atom is 0.185 e. The fourth-order valence-corrected chi connectivity index (χ4v) is 3.52. The van der Waals surface area contributed by atoms with Crippen molar-refractivity contribution in [2.24, 2.45) is 0 Å². The van der Waals surface area contributed by atoms with E-state index < -0.39 is 0 Å². The van der Waals surface area contributed by atoms with Crippen LogP contribution in [0.3, 0.4) is 0 Å². The number of thiazole rings is 1. The summed E-state index contributed by atoms with van der Waals surface area (Å²) in [5, 5.41) is 10.4. The normalized spacial score (nSPS) is 16.6. The summed E-state index contributed by atoms with van der Waals surface area (Å²) in [5.74, 6) is 0. The zero-order valence-corrected chi connectivity index (χ0v) is 11.6. The molecule has 17 heavy (non-hydrogen) atoms. The smallest absolute Gasteiger partial charge is 0.185 e. The van der Waals surface area contributed by atoms with Crippen molar-refractivity contribution in [3.05, 3.63) is 10.6 Å². The molecule has 0 aromatic carbocycles. The van der Waals surface area contributed by atoms with Crippen LogP contribution in [0, 0.1) is 0 Å². The Morgan fingerprint density at radius 1 is 1.41 bits per heavy atom. The van der Waals surface area contributed by atoms with E-state index in [9.17, 15) is 5.11 Å². The molecule has 1 aliphatic rings. The molecule has 0 bridgehead atoms. The van der Waals surface area contributed by atoms with Crippen molar-refractivity contribution in [3.63, 3.8) is 0 Å². The molecule has 1 aromatic rings. The highest BCUT2D eigenvalue weighted by atomic mass is 32.1. The van der Waals surface area contributed by atoms with Gasteiger partial charge in [0.25, 0.3) is 0 Å². The van der Waals surface area contributed by atoms with Crippen LogP contribution >= 0.6 is 11.3 Å². The SMILES string of the molecule is CCCc1nc(N(C)C2CCCC2)sc1CO. The molecule has 0 unspecified atom stereocenters. The topological polar surface area (TPSA) is 36.4 Å². The third-order valence-corrected chi connectivity index (χ3v) is 4.74. The van der Waals surface area contributed by atoms with E-state index in [1.165, 1.54) is 25.7 Å². The molecule has 0 aliphatic heterocycles. The molecule has 0 amide bonds. The molecule has 3 nitrogen and oxygen atoms in total. The van der Waals surface area contributed by atoms with Crippen LogP contribution in [0.1, 0.15) is 49.6 Å². The van der Waals surface area contributed by atoms with Gasteiger partial charge in [-0.3, -0.25) is 0 Å². The van der Waals surface area contributed by atoms with Gasteiger partial charge in [0.1, 0.15) is 0 Å². The Morgan fingerprint density at radius 3 is 2.71 bits per heavy atom. The molecule has 1 saturated carbocycles. The average molecular weight is 254 g/mol. The van der Waals surface area contributed by atoms with Crippen LogP contribution in [0.4, 0.5) is 5.13 Å². The summed E-state index contributed by atoms with van der Waals surface area (Å²) < 4.78 is 0. The van der Waals surface area contributed by atoms with Crippen molar-refractivity contribution in [3.8, 4) is 0 Å². The van der Waals surface area contributed by atoms with Crippen LogP contribution in [0.25, 0.3) is 0 Å². The number of anilines is 1. The van der Waals surface area contributed by atoms with E-state index in [1.807, 2.05) is 0 Å². The molecule has 4 heteroatoms. The highest BCUT2D eigenvalue weighted by Gasteiger charge is 2.22. The lowest BCUT2D eigenvalue weighted by atomic mass is 10.2. The summed E-state index contributed by atoms with van der Waals surface area (Å²) in [4.78, 5) is 8.06. The van der Waals surface area contributed by atoms with Crippen molar-refractivity contribution in [2.45, 2.75) is 58.1 Å².